The Balaban J connectivity index is 1.72. The van der Waals surface area contributed by atoms with Gasteiger partial charge >= 0.3 is 0 Å². The molecule has 2 aliphatic rings. The molecule has 2 aliphatic heterocycles. The fraction of sp³-hybridized carbons (Fsp3) is 0.545. The second-order valence-electron chi connectivity index (χ2n) is 4.40. The summed E-state index contributed by atoms with van der Waals surface area (Å²) in [4.78, 5) is 14.1. The van der Waals surface area contributed by atoms with Crippen molar-refractivity contribution in [1.82, 2.24) is 10.2 Å². The molecule has 0 saturated carbocycles. The van der Waals surface area contributed by atoms with E-state index in [-0.39, 0.29) is 5.91 Å². The summed E-state index contributed by atoms with van der Waals surface area (Å²) in [6.45, 7) is 4.04. The Labute approximate surface area is 93.1 Å². The maximum atomic E-state index is 12.1. The molecule has 0 aliphatic carbocycles. The standard InChI is InChI=1S/C11H14N2OS/c14-11(8-1-2-15-7-8)13-5-9-3-12-4-10(9)6-13/h1-2,7,9-10,12H,3-6H2. The lowest BCUT2D eigenvalue weighted by atomic mass is 10.0. The van der Waals surface area contributed by atoms with Gasteiger partial charge < -0.3 is 10.2 Å². The number of thiophene rings is 1. The van der Waals surface area contributed by atoms with Crippen LogP contribution >= 0.6 is 11.3 Å². The van der Waals surface area contributed by atoms with Crippen LogP contribution in [0.5, 0.6) is 0 Å². The number of hydrogen-bond acceptors (Lipinski definition) is 3. The van der Waals surface area contributed by atoms with Crippen LogP contribution in [-0.2, 0) is 0 Å². The molecule has 2 fully saturated rings. The normalized spacial score (nSPS) is 29.5. The summed E-state index contributed by atoms with van der Waals surface area (Å²) in [5.74, 6) is 1.59. The maximum Gasteiger partial charge on any atom is 0.254 e. The van der Waals surface area contributed by atoms with Gasteiger partial charge in [0.2, 0.25) is 0 Å². The number of likely N-dealkylation sites (tertiary alicyclic amines) is 1. The first-order chi connectivity index (χ1) is 7.34. The number of carbonyl (C=O) groups excluding carboxylic acids is 1. The van der Waals surface area contributed by atoms with Gasteiger partial charge in [0, 0.05) is 31.6 Å². The molecule has 15 heavy (non-hydrogen) atoms. The number of rotatable bonds is 1. The zero-order valence-corrected chi connectivity index (χ0v) is 9.30. The minimum absolute atomic E-state index is 0.214. The number of carbonyl (C=O) groups is 1. The molecule has 3 heterocycles. The number of amides is 1. The van der Waals surface area contributed by atoms with Gasteiger partial charge in [-0.1, -0.05) is 0 Å². The van der Waals surface area contributed by atoms with Crippen LogP contribution in [0.3, 0.4) is 0 Å². The minimum Gasteiger partial charge on any atom is -0.338 e. The van der Waals surface area contributed by atoms with Crippen LogP contribution in [0.4, 0.5) is 0 Å². The van der Waals surface area contributed by atoms with Gasteiger partial charge in [0.05, 0.1) is 5.56 Å². The van der Waals surface area contributed by atoms with Crippen molar-refractivity contribution in [2.24, 2.45) is 11.8 Å². The van der Waals surface area contributed by atoms with Crippen molar-refractivity contribution in [3.8, 4) is 0 Å². The summed E-state index contributed by atoms with van der Waals surface area (Å²) in [6, 6.07) is 1.92. The van der Waals surface area contributed by atoms with Gasteiger partial charge in [-0.25, -0.2) is 0 Å². The summed E-state index contributed by atoms with van der Waals surface area (Å²) in [7, 11) is 0. The van der Waals surface area contributed by atoms with Crippen LogP contribution in [0.25, 0.3) is 0 Å². The molecule has 0 radical (unpaired) electrons. The molecular weight excluding hydrogens is 208 g/mol. The molecule has 3 rings (SSSR count). The van der Waals surface area contributed by atoms with Crippen molar-refractivity contribution in [2.75, 3.05) is 26.2 Å². The molecule has 1 N–H and O–H groups in total. The van der Waals surface area contributed by atoms with Crippen LogP contribution < -0.4 is 5.32 Å². The Morgan fingerprint density at radius 2 is 2.13 bits per heavy atom. The first kappa shape index (κ1) is 9.36. The van der Waals surface area contributed by atoms with E-state index in [2.05, 4.69) is 5.32 Å². The number of nitrogens with one attached hydrogen (secondary N) is 1. The minimum atomic E-state index is 0.214. The van der Waals surface area contributed by atoms with Crippen LogP contribution in [0, 0.1) is 11.8 Å². The van der Waals surface area contributed by atoms with Gasteiger partial charge in [0.1, 0.15) is 0 Å². The third kappa shape index (κ3) is 1.58. The highest BCUT2D eigenvalue weighted by atomic mass is 32.1. The van der Waals surface area contributed by atoms with Gasteiger partial charge in [-0.3, -0.25) is 4.79 Å². The number of nitrogens with zero attached hydrogens (tertiary/aromatic N) is 1. The monoisotopic (exact) mass is 222 g/mol. The molecule has 1 amide bonds. The lowest BCUT2D eigenvalue weighted by molar-refractivity contribution is 0.0782. The van der Waals surface area contributed by atoms with Gasteiger partial charge in [0.25, 0.3) is 5.91 Å². The predicted octanol–water partition coefficient (Wildman–Crippen LogP) is 1.04. The fourth-order valence-corrected chi connectivity index (χ4v) is 3.22. The van der Waals surface area contributed by atoms with E-state index in [1.165, 1.54) is 0 Å². The van der Waals surface area contributed by atoms with Gasteiger partial charge in [-0.05, 0) is 23.3 Å². The van der Waals surface area contributed by atoms with Crippen molar-refractivity contribution in [3.05, 3.63) is 22.4 Å². The van der Waals surface area contributed by atoms with Crippen LogP contribution in [0.2, 0.25) is 0 Å². The molecule has 3 nitrogen and oxygen atoms in total. The quantitative estimate of drug-likeness (QED) is 0.770. The average Bonchev–Trinajstić information content (AvgIpc) is 2.92. The number of fused-ring (bicyclic) bond motifs is 1. The van der Waals surface area contributed by atoms with Gasteiger partial charge in [-0.15, -0.1) is 0 Å². The summed E-state index contributed by atoms with van der Waals surface area (Å²) >= 11 is 1.59. The zero-order chi connectivity index (χ0) is 10.3. The van der Waals surface area contributed by atoms with Crippen molar-refractivity contribution in [3.63, 3.8) is 0 Å². The van der Waals surface area contributed by atoms with Crippen LogP contribution in [0.1, 0.15) is 10.4 Å². The summed E-state index contributed by atoms with van der Waals surface area (Å²) < 4.78 is 0. The van der Waals surface area contributed by atoms with E-state index >= 15 is 0 Å². The maximum absolute atomic E-state index is 12.1. The molecule has 2 saturated heterocycles. The Morgan fingerprint density at radius 3 is 2.73 bits per heavy atom. The van der Waals surface area contributed by atoms with Crippen molar-refractivity contribution >= 4 is 17.2 Å². The highest BCUT2D eigenvalue weighted by Crippen LogP contribution is 2.27. The summed E-state index contributed by atoms with van der Waals surface area (Å²) in [5.41, 5.74) is 0.855. The molecular formula is C11H14N2OS. The molecule has 2 unspecified atom stereocenters. The third-order valence-corrected chi connectivity index (χ3v) is 4.13. The topological polar surface area (TPSA) is 32.3 Å². The zero-order valence-electron chi connectivity index (χ0n) is 8.48. The van der Waals surface area contributed by atoms with Gasteiger partial charge in [0.15, 0.2) is 0 Å². The Morgan fingerprint density at radius 1 is 1.40 bits per heavy atom. The molecule has 1 aromatic heterocycles. The summed E-state index contributed by atoms with van der Waals surface area (Å²) in [6.07, 6.45) is 0. The summed E-state index contributed by atoms with van der Waals surface area (Å²) in [5, 5.41) is 7.29. The molecule has 80 valence electrons. The first-order valence-electron chi connectivity index (χ1n) is 5.37. The van der Waals surface area contributed by atoms with E-state index in [0.29, 0.717) is 11.8 Å². The Bertz CT molecular complexity index is 351. The second-order valence-corrected chi connectivity index (χ2v) is 5.18. The Kier molecular flexibility index (Phi) is 2.25. The Hall–Kier alpha value is -0.870. The first-order valence-corrected chi connectivity index (χ1v) is 6.31. The van der Waals surface area contributed by atoms with Gasteiger partial charge in [-0.2, -0.15) is 11.3 Å². The molecule has 2 atom stereocenters. The second kappa shape index (κ2) is 3.61. The predicted molar refractivity (Wildman–Crippen MR) is 60.1 cm³/mol. The van der Waals surface area contributed by atoms with E-state index < -0.39 is 0 Å². The molecule has 0 bridgehead atoms. The van der Waals surface area contributed by atoms with Crippen LogP contribution in [-0.4, -0.2) is 37.0 Å². The molecule has 0 spiro atoms. The van der Waals surface area contributed by atoms with Crippen molar-refractivity contribution in [1.29, 1.82) is 0 Å². The van der Waals surface area contributed by atoms with E-state index in [4.69, 9.17) is 0 Å². The van der Waals surface area contributed by atoms with E-state index in [1.54, 1.807) is 11.3 Å². The largest absolute Gasteiger partial charge is 0.338 e. The van der Waals surface area contributed by atoms with E-state index in [1.807, 2.05) is 21.7 Å². The molecule has 1 aromatic rings. The number of hydrogen-bond donors (Lipinski definition) is 1. The van der Waals surface area contributed by atoms with Crippen molar-refractivity contribution in [2.45, 2.75) is 0 Å². The lowest BCUT2D eigenvalue weighted by Crippen LogP contribution is -2.31. The molecule has 0 aromatic carbocycles. The van der Waals surface area contributed by atoms with Crippen molar-refractivity contribution < 1.29 is 4.79 Å². The third-order valence-electron chi connectivity index (χ3n) is 3.44. The average molecular weight is 222 g/mol. The molecule has 4 heteroatoms. The van der Waals surface area contributed by atoms with E-state index in [9.17, 15) is 4.79 Å². The smallest absolute Gasteiger partial charge is 0.254 e. The highest BCUT2D eigenvalue weighted by molar-refractivity contribution is 7.08. The fourth-order valence-electron chi connectivity index (χ4n) is 2.59. The SMILES string of the molecule is O=C(c1ccsc1)N1CC2CNCC2C1. The highest BCUT2D eigenvalue weighted by Gasteiger charge is 2.38. The van der Waals surface area contributed by atoms with Crippen LogP contribution in [0.15, 0.2) is 16.8 Å². The van der Waals surface area contributed by atoms with E-state index in [0.717, 1.165) is 31.7 Å². The lowest BCUT2D eigenvalue weighted by Gasteiger charge is -2.16.